The first-order chi connectivity index (χ1) is 8.61. The maximum atomic E-state index is 5.84. The smallest absolute Gasteiger partial charge is 0.324 e. The highest BCUT2D eigenvalue weighted by Gasteiger charge is 2.41. The van der Waals surface area contributed by atoms with E-state index in [1.54, 1.807) is 0 Å². The van der Waals surface area contributed by atoms with Gasteiger partial charge in [0.1, 0.15) is 0 Å². The van der Waals surface area contributed by atoms with Crippen molar-refractivity contribution >= 4 is 5.95 Å². The van der Waals surface area contributed by atoms with E-state index in [0.717, 1.165) is 0 Å². The maximum absolute atomic E-state index is 5.84. The molecule has 1 aliphatic rings. The Morgan fingerprint density at radius 1 is 1.22 bits per heavy atom. The molecule has 0 amide bonds. The van der Waals surface area contributed by atoms with E-state index in [-0.39, 0.29) is 17.6 Å². The Morgan fingerprint density at radius 2 is 1.78 bits per heavy atom. The molecule has 0 aliphatic heterocycles. The molecule has 7 nitrogen and oxygen atoms in total. The van der Waals surface area contributed by atoms with Crippen LogP contribution in [-0.4, -0.2) is 41.3 Å². The van der Waals surface area contributed by atoms with Crippen molar-refractivity contribution in [2.75, 3.05) is 26.1 Å². The standard InChI is InChI=1S/C11H19N5O2/c1-11(6-12,7-4-5-7)16-8-13-9(17-2)15-10(14-8)18-3/h7H,4-6,12H2,1-3H3,(H,13,14,15,16). The lowest BCUT2D eigenvalue weighted by Gasteiger charge is -2.29. The fourth-order valence-electron chi connectivity index (χ4n) is 1.87. The number of nitrogens with one attached hydrogen (secondary N) is 1. The second-order valence-corrected chi connectivity index (χ2v) is 4.65. The van der Waals surface area contributed by atoms with Crippen LogP contribution in [0.1, 0.15) is 19.8 Å². The minimum absolute atomic E-state index is 0.197. The van der Waals surface area contributed by atoms with E-state index < -0.39 is 0 Å². The average Bonchev–Trinajstić information content (AvgIpc) is 3.22. The van der Waals surface area contributed by atoms with E-state index in [1.165, 1.54) is 27.1 Å². The van der Waals surface area contributed by atoms with Crippen LogP contribution in [0.15, 0.2) is 0 Å². The Kier molecular flexibility index (Phi) is 3.51. The minimum atomic E-state index is -0.197. The Morgan fingerprint density at radius 3 is 2.17 bits per heavy atom. The number of methoxy groups -OCH3 is 2. The molecule has 100 valence electrons. The van der Waals surface area contributed by atoms with Crippen molar-refractivity contribution in [2.45, 2.75) is 25.3 Å². The number of aromatic nitrogens is 3. The van der Waals surface area contributed by atoms with Gasteiger partial charge in [-0.05, 0) is 25.7 Å². The summed E-state index contributed by atoms with van der Waals surface area (Å²) < 4.78 is 10.0. The highest BCUT2D eigenvalue weighted by Crippen LogP contribution is 2.40. The minimum Gasteiger partial charge on any atom is -0.467 e. The molecule has 0 saturated heterocycles. The number of hydrogen-bond acceptors (Lipinski definition) is 7. The largest absolute Gasteiger partial charge is 0.467 e. The fraction of sp³-hybridized carbons (Fsp3) is 0.727. The summed E-state index contributed by atoms with van der Waals surface area (Å²) in [5, 5.41) is 3.27. The van der Waals surface area contributed by atoms with Crippen molar-refractivity contribution in [3.05, 3.63) is 0 Å². The van der Waals surface area contributed by atoms with Crippen LogP contribution in [-0.2, 0) is 0 Å². The van der Waals surface area contributed by atoms with Crippen LogP contribution in [0.5, 0.6) is 12.0 Å². The van der Waals surface area contributed by atoms with E-state index in [1.807, 2.05) is 0 Å². The number of anilines is 1. The van der Waals surface area contributed by atoms with Crippen molar-refractivity contribution in [2.24, 2.45) is 11.7 Å². The summed E-state index contributed by atoms with van der Waals surface area (Å²) in [4.78, 5) is 12.3. The first kappa shape index (κ1) is 12.8. The van der Waals surface area contributed by atoms with Crippen LogP contribution < -0.4 is 20.5 Å². The average molecular weight is 253 g/mol. The number of hydrogen-bond donors (Lipinski definition) is 2. The molecule has 1 unspecified atom stereocenters. The van der Waals surface area contributed by atoms with Gasteiger partial charge in [0.05, 0.1) is 19.8 Å². The maximum Gasteiger partial charge on any atom is 0.324 e. The predicted octanol–water partition coefficient (Wildman–Crippen LogP) is 0.428. The van der Waals surface area contributed by atoms with Gasteiger partial charge in [0.15, 0.2) is 0 Å². The Labute approximate surface area is 106 Å². The molecule has 2 rings (SSSR count). The molecule has 0 aromatic carbocycles. The summed E-state index contributed by atoms with van der Waals surface area (Å²) in [6.45, 7) is 2.60. The Bertz CT molecular complexity index is 402. The van der Waals surface area contributed by atoms with Crippen molar-refractivity contribution < 1.29 is 9.47 Å². The van der Waals surface area contributed by atoms with Crippen molar-refractivity contribution in [3.8, 4) is 12.0 Å². The van der Waals surface area contributed by atoms with Crippen LogP contribution in [0.25, 0.3) is 0 Å². The lowest BCUT2D eigenvalue weighted by Crippen LogP contribution is -2.45. The van der Waals surface area contributed by atoms with Gasteiger partial charge in [-0.2, -0.15) is 9.97 Å². The zero-order valence-corrected chi connectivity index (χ0v) is 10.9. The lowest BCUT2D eigenvalue weighted by atomic mass is 9.96. The van der Waals surface area contributed by atoms with Gasteiger partial charge >= 0.3 is 12.0 Å². The molecular weight excluding hydrogens is 234 g/mol. The van der Waals surface area contributed by atoms with E-state index in [2.05, 4.69) is 27.2 Å². The topological polar surface area (TPSA) is 95.2 Å². The number of ether oxygens (including phenoxy) is 2. The molecule has 1 fully saturated rings. The SMILES string of the molecule is COc1nc(NC(C)(CN)C2CC2)nc(OC)n1. The highest BCUT2D eigenvalue weighted by atomic mass is 16.5. The molecule has 18 heavy (non-hydrogen) atoms. The second-order valence-electron chi connectivity index (χ2n) is 4.65. The van der Waals surface area contributed by atoms with Gasteiger partial charge in [0.25, 0.3) is 0 Å². The normalized spacial score (nSPS) is 18.0. The van der Waals surface area contributed by atoms with Crippen LogP contribution >= 0.6 is 0 Å². The van der Waals surface area contributed by atoms with E-state index in [9.17, 15) is 0 Å². The van der Waals surface area contributed by atoms with Gasteiger partial charge in [-0.15, -0.1) is 4.98 Å². The molecule has 7 heteroatoms. The zero-order chi connectivity index (χ0) is 13.2. The number of nitrogens with two attached hydrogens (primary N) is 1. The van der Waals surface area contributed by atoms with E-state index >= 15 is 0 Å². The first-order valence-electron chi connectivity index (χ1n) is 5.93. The quantitative estimate of drug-likeness (QED) is 0.759. The van der Waals surface area contributed by atoms with Crippen molar-refractivity contribution in [1.29, 1.82) is 0 Å². The molecule has 1 heterocycles. The highest BCUT2D eigenvalue weighted by molar-refractivity contribution is 5.33. The molecule has 1 aliphatic carbocycles. The molecule has 0 spiro atoms. The Hall–Kier alpha value is -1.63. The van der Waals surface area contributed by atoms with Crippen LogP contribution in [0.4, 0.5) is 5.95 Å². The van der Waals surface area contributed by atoms with Crippen molar-refractivity contribution in [3.63, 3.8) is 0 Å². The van der Waals surface area contributed by atoms with E-state index in [4.69, 9.17) is 15.2 Å². The third-order valence-electron chi connectivity index (χ3n) is 3.26. The van der Waals surface area contributed by atoms with Gasteiger partial charge in [0, 0.05) is 6.54 Å². The van der Waals surface area contributed by atoms with Gasteiger partial charge < -0.3 is 20.5 Å². The third-order valence-corrected chi connectivity index (χ3v) is 3.26. The van der Waals surface area contributed by atoms with Crippen molar-refractivity contribution in [1.82, 2.24) is 15.0 Å². The molecule has 0 radical (unpaired) electrons. The summed E-state index contributed by atoms with van der Waals surface area (Å²) in [7, 11) is 3.00. The van der Waals surface area contributed by atoms with Gasteiger partial charge in [-0.25, -0.2) is 0 Å². The molecule has 3 N–H and O–H groups in total. The monoisotopic (exact) mass is 253 g/mol. The van der Waals surface area contributed by atoms with Crippen LogP contribution in [0, 0.1) is 5.92 Å². The molecule has 1 aromatic heterocycles. The molecule has 1 saturated carbocycles. The summed E-state index contributed by atoms with van der Waals surface area (Å²) in [5.74, 6) is 0.995. The summed E-state index contributed by atoms with van der Waals surface area (Å²) in [5.41, 5.74) is 5.64. The fourth-order valence-corrected chi connectivity index (χ4v) is 1.87. The van der Waals surface area contributed by atoms with Crippen LogP contribution in [0.3, 0.4) is 0 Å². The summed E-state index contributed by atoms with van der Waals surface area (Å²) in [6, 6.07) is 0.444. The molecule has 0 bridgehead atoms. The Balaban J connectivity index is 2.21. The van der Waals surface area contributed by atoms with Crippen LogP contribution in [0.2, 0.25) is 0 Å². The predicted molar refractivity (Wildman–Crippen MR) is 66.7 cm³/mol. The number of rotatable bonds is 6. The lowest BCUT2D eigenvalue weighted by molar-refractivity contribution is 0.339. The zero-order valence-electron chi connectivity index (χ0n) is 10.9. The van der Waals surface area contributed by atoms with Gasteiger partial charge in [-0.3, -0.25) is 0 Å². The number of nitrogens with zero attached hydrogens (tertiary/aromatic N) is 3. The van der Waals surface area contributed by atoms with E-state index in [0.29, 0.717) is 18.4 Å². The molecule has 1 atom stereocenters. The summed E-state index contributed by atoms with van der Waals surface area (Å²) >= 11 is 0. The molecule has 1 aromatic rings. The van der Waals surface area contributed by atoms with Gasteiger partial charge in [-0.1, -0.05) is 0 Å². The molecular formula is C11H19N5O2. The second kappa shape index (κ2) is 4.93. The van der Waals surface area contributed by atoms with Gasteiger partial charge in [0.2, 0.25) is 5.95 Å². The summed E-state index contributed by atoms with van der Waals surface area (Å²) in [6.07, 6.45) is 2.36. The first-order valence-corrected chi connectivity index (χ1v) is 5.93. The third kappa shape index (κ3) is 2.61.